The lowest BCUT2D eigenvalue weighted by Gasteiger charge is -2.27. The van der Waals surface area contributed by atoms with Crippen LogP contribution in [0.15, 0.2) is 48.5 Å². The fraction of sp³-hybridized carbons (Fsp3) is 0.417. The zero-order chi connectivity index (χ0) is 21.4. The molecule has 0 saturated heterocycles. The minimum Gasteiger partial charge on any atom is -0.326 e. The molecule has 0 saturated carbocycles. The largest absolute Gasteiger partial charge is 0.326 e. The smallest absolute Gasteiger partial charge is 0.241 e. The van der Waals surface area contributed by atoms with E-state index < -0.39 is 0 Å². The third-order valence-corrected chi connectivity index (χ3v) is 4.84. The molecule has 156 valence electrons. The van der Waals surface area contributed by atoms with Crippen LogP contribution in [0.1, 0.15) is 58.2 Å². The molecule has 0 radical (unpaired) electrons. The van der Waals surface area contributed by atoms with Crippen molar-refractivity contribution in [2.45, 2.75) is 59.5 Å². The molecule has 29 heavy (non-hydrogen) atoms. The molecule has 0 heterocycles. The van der Waals surface area contributed by atoms with E-state index in [-0.39, 0.29) is 23.9 Å². The number of benzene rings is 2. The molecule has 0 aliphatic heterocycles. The van der Waals surface area contributed by atoms with Gasteiger partial charge in [0.25, 0.3) is 0 Å². The van der Waals surface area contributed by atoms with Gasteiger partial charge in [-0.05, 0) is 54.7 Å². The van der Waals surface area contributed by atoms with E-state index in [0.29, 0.717) is 17.3 Å². The van der Waals surface area contributed by atoms with Gasteiger partial charge in [-0.15, -0.1) is 0 Å². The molecular formula is C24H33N3O2. The first-order chi connectivity index (χ1) is 13.8. The zero-order valence-electron chi connectivity index (χ0n) is 18.1. The Kier molecular flexibility index (Phi) is 8.40. The average Bonchev–Trinajstić information content (AvgIpc) is 2.68. The molecule has 0 aliphatic carbocycles. The Labute approximate surface area is 174 Å². The lowest BCUT2D eigenvalue weighted by atomic mass is 9.94. The molecule has 2 amide bonds. The molecule has 2 atom stereocenters. The normalized spacial score (nSPS) is 13.0. The summed E-state index contributed by atoms with van der Waals surface area (Å²) in [5, 5.41) is 9.11. The quantitative estimate of drug-likeness (QED) is 0.565. The van der Waals surface area contributed by atoms with Gasteiger partial charge in [-0.25, -0.2) is 0 Å². The summed E-state index contributed by atoms with van der Waals surface area (Å²) in [6.45, 7) is 9.83. The number of aryl methyl sites for hydroxylation is 1. The lowest BCUT2D eigenvalue weighted by molar-refractivity contribution is -0.118. The zero-order valence-corrected chi connectivity index (χ0v) is 18.1. The standard InChI is InChI=1S/C24H33N3O2/c1-6-7-19-8-10-20(11-9-19)23(16(2)3)25-17(4)24(29)27-22-14-12-21(13-15-22)26-18(5)28/h8-17,23,25H,6-7H2,1-5H3,(H,26,28)(H,27,29)/t17-,23+/m0/s1. The van der Waals surface area contributed by atoms with Crippen molar-refractivity contribution in [2.24, 2.45) is 5.92 Å². The highest BCUT2D eigenvalue weighted by molar-refractivity contribution is 5.95. The van der Waals surface area contributed by atoms with Crippen LogP contribution in [-0.2, 0) is 16.0 Å². The van der Waals surface area contributed by atoms with Crippen molar-refractivity contribution in [3.8, 4) is 0 Å². The number of amides is 2. The maximum Gasteiger partial charge on any atom is 0.241 e. The number of carbonyl (C=O) groups is 2. The molecule has 2 aromatic carbocycles. The lowest BCUT2D eigenvalue weighted by Crippen LogP contribution is -2.41. The second kappa shape index (κ2) is 10.8. The maximum atomic E-state index is 12.7. The van der Waals surface area contributed by atoms with Gasteiger partial charge in [0.15, 0.2) is 0 Å². The Morgan fingerprint density at radius 2 is 1.41 bits per heavy atom. The SMILES string of the molecule is CCCc1ccc([C@H](N[C@@H](C)C(=O)Nc2ccc(NC(C)=O)cc2)C(C)C)cc1. The fourth-order valence-electron chi connectivity index (χ4n) is 3.29. The van der Waals surface area contributed by atoms with Gasteiger partial charge in [-0.2, -0.15) is 0 Å². The van der Waals surface area contributed by atoms with Crippen molar-refractivity contribution < 1.29 is 9.59 Å². The van der Waals surface area contributed by atoms with E-state index in [2.05, 4.69) is 61.0 Å². The van der Waals surface area contributed by atoms with E-state index in [1.807, 2.05) is 6.92 Å². The summed E-state index contributed by atoms with van der Waals surface area (Å²) in [7, 11) is 0. The molecule has 0 unspecified atom stereocenters. The van der Waals surface area contributed by atoms with E-state index in [9.17, 15) is 9.59 Å². The van der Waals surface area contributed by atoms with E-state index in [1.54, 1.807) is 24.3 Å². The van der Waals surface area contributed by atoms with Crippen LogP contribution in [0.25, 0.3) is 0 Å². The van der Waals surface area contributed by atoms with Crippen LogP contribution in [0.4, 0.5) is 11.4 Å². The second-order valence-corrected chi connectivity index (χ2v) is 7.85. The van der Waals surface area contributed by atoms with Crippen molar-refractivity contribution in [1.29, 1.82) is 0 Å². The second-order valence-electron chi connectivity index (χ2n) is 7.85. The van der Waals surface area contributed by atoms with Gasteiger partial charge in [-0.3, -0.25) is 14.9 Å². The van der Waals surface area contributed by atoms with Crippen molar-refractivity contribution in [2.75, 3.05) is 10.6 Å². The molecule has 0 bridgehead atoms. The number of anilines is 2. The van der Waals surface area contributed by atoms with Crippen LogP contribution in [0.2, 0.25) is 0 Å². The number of carbonyl (C=O) groups excluding carboxylic acids is 2. The minimum absolute atomic E-state index is 0.0913. The van der Waals surface area contributed by atoms with Crippen LogP contribution >= 0.6 is 0 Å². The third kappa shape index (κ3) is 7.02. The van der Waals surface area contributed by atoms with Crippen LogP contribution in [0.5, 0.6) is 0 Å². The molecule has 0 aromatic heterocycles. The van der Waals surface area contributed by atoms with Crippen LogP contribution in [-0.4, -0.2) is 17.9 Å². The summed E-state index contributed by atoms with van der Waals surface area (Å²) in [5.41, 5.74) is 3.93. The predicted octanol–water partition coefficient (Wildman–Crippen LogP) is 4.91. The monoisotopic (exact) mass is 395 g/mol. The van der Waals surface area contributed by atoms with Gasteiger partial charge in [0.1, 0.15) is 0 Å². The van der Waals surface area contributed by atoms with Gasteiger partial charge in [0, 0.05) is 24.3 Å². The van der Waals surface area contributed by atoms with E-state index in [0.717, 1.165) is 12.8 Å². The first-order valence-electron chi connectivity index (χ1n) is 10.3. The Hall–Kier alpha value is -2.66. The topological polar surface area (TPSA) is 70.2 Å². The summed E-state index contributed by atoms with van der Waals surface area (Å²) in [4.78, 5) is 23.8. The number of rotatable bonds is 9. The van der Waals surface area contributed by atoms with Gasteiger partial charge in [0.05, 0.1) is 6.04 Å². The number of hydrogen-bond acceptors (Lipinski definition) is 3. The highest BCUT2D eigenvalue weighted by Crippen LogP contribution is 2.23. The highest BCUT2D eigenvalue weighted by atomic mass is 16.2. The van der Waals surface area contributed by atoms with Crippen LogP contribution in [0.3, 0.4) is 0 Å². The Bertz CT molecular complexity index is 798. The molecular weight excluding hydrogens is 362 g/mol. The average molecular weight is 396 g/mol. The summed E-state index contributed by atoms with van der Waals surface area (Å²) in [6, 6.07) is 15.5. The molecule has 0 fully saturated rings. The Morgan fingerprint density at radius 1 is 0.862 bits per heavy atom. The van der Waals surface area contributed by atoms with Gasteiger partial charge >= 0.3 is 0 Å². The molecule has 0 aliphatic rings. The van der Waals surface area contributed by atoms with Gasteiger partial charge < -0.3 is 10.6 Å². The maximum absolute atomic E-state index is 12.7. The Morgan fingerprint density at radius 3 is 1.90 bits per heavy atom. The first-order valence-corrected chi connectivity index (χ1v) is 10.3. The van der Waals surface area contributed by atoms with Crippen LogP contribution < -0.4 is 16.0 Å². The van der Waals surface area contributed by atoms with Crippen LogP contribution in [0, 0.1) is 5.92 Å². The van der Waals surface area contributed by atoms with Crippen molar-refractivity contribution in [3.05, 3.63) is 59.7 Å². The summed E-state index contributed by atoms with van der Waals surface area (Å²) < 4.78 is 0. The molecule has 2 rings (SSSR count). The van der Waals surface area contributed by atoms with E-state index in [4.69, 9.17) is 0 Å². The van der Waals surface area contributed by atoms with E-state index in [1.165, 1.54) is 18.1 Å². The summed E-state index contributed by atoms with van der Waals surface area (Å²) in [6.07, 6.45) is 2.22. The molecule has 3 N–H and O–H groups in total. The number of hydrogen-bond donors (Lipinski definition) is 3. The fourth-order valence-corrected chi connectivity index (χ4v) is 3.29. The molecule has 2 aromatic rings. The van der Waals surface area contributed by atoms with Crippen molar-refractivity contribution in [1.82, 2.24) is 5.32 Å². The van der Waals surface area contributed by atoms with E-state index >= 15 is 0 Å². The van der Waals surface area contributed by atoms with Gasteiger partial charge in [-0.1, -0.05) is 51.5 Å². The van der Waals surface area contributed by atoms with Crippen molar-refractivity contribution in [3.63, 3.8) is 0 Å². The predicted molar refractivity (Wildman–Crippen MR) is 120 cm³/mol. The molecule has 5 nitrogen and oxygen atoms in total. The molecule has 5 heteroatoms. The van der Waals surface area contributed by atoms with Gasteiger partial charge in [0.2, 0.25) is 11.8 Å². The Balaban J connectivity index is 2.00. The third-order valence-electron chi connectivity index (χ3n) is 4.84. The highest BCUT2D eigenvalue weighted by Gasteiger charge is 2.22. The van der Waals surface area contributed by atoms with Crippen molar-refractivity contribution >= 4 is 23.2 Å². The summed E-state index contributed by atoms with van der Waals surface area (Å²) >= 11 is 0. The number of nitrogens with one attached hydrogen (secondary N) is 3. The minimum atomic E-state index is -0.354. The summed E-state index contributed by atoms with van der Waals surface area (Å²) in [5.74, 6) is 0.131. The first kappa shape index (κ1) is 22.6. The molecule has 0 spiro atoms.